The van der Waals surface area contributed by atoms with Crippen LogP contribution in [0.3, 0.4) is 0 Å². The van der Waals surface area contributed by atoms with Crippen LogP contribution >= 0.6 is 11.6 Å². The van der Waals surface area contributed by atoms with E-state index in [9.17, 15) is 13.2 Å². The van der Waals surface area contributed by atoms with Gasteiger partial charge in [-0.15, -0.1) is 0 Å². The Bertz CT molecular complexity index is 584. The standard InChI is InChI=1S/C14H20ClNO3S/c1-4-10(2)8-20(18,19)9-14(17)16-13-7-5-6-12(15)11(13)3/h5-7,10H,4,8-9H2,1-3H3,(H,16,17). The smallest absolute Gasteiger partial charge is 0.239 e. The summed E-state index contributed by atoms with van der Waals surface area (Å²) in [6, 6.07) is 5.12. The fourth-order valence-electron chi connectivity index (χ4n) is 1.74. The number of rotatable bonds is 6. The highest BCUT2D eigenvalue weighted by atomic mass is 35.5. The lowest BCUT2D eigenvalue weighted by molar-refractivity contribution is -0.113. The highest BCUT2D eigenvalue weighted by molar-refractivity contribution is 7.92. The molecular weight excluding hydrogens is 298 g/mol. The van der Waals surface area contributed by atoms with Crippen LogP contribution in [0.5, 0.6) is 0 Å². The first-order chi connectivity index (χ1) is 9.25. The van der Waals surface area contributed by atoms with E-state index >= 15 is 0 Å². The monoisotopic (exact) mass is 317 g/mol. The van der Waals surface area contributed by atoms with Crippen molar-refractivity contribution in [2.45, 2.75) is 27.2 Å². The van der Waals surface area contributed by atoms with E-state index < -0.39 is 21.5 Å². The molecule has 0 aromatic heterocycles. The zero-order valence-electron chi connectivity index (χ0n) is 11.9. The number of hydrogen-bond acceptors (Lipinski definition) is 3. The van der Waals surface area contributed by atoms with Crippen LogP contribution in [0.15, 0.2) is 18.2 Å². The quantitative estimate of drug-likeness (QED) is 0.877. The Morgan fingerprint density at radius 3 is 2.65 bits per heavy atom. The summed E-state index contributed by atoms with van der Waals surface area (Å²) in [4.78, 5) is 11.8. The second-order valence-electron chi connectivity index (χ2n) is 5.03. The van der Waals surface area contributed by atoms with E-state index in [1.54, 1.807) is 25.1 Å². The molecule has 112 valence electrons. The normalized spacial score (nSPS) is 13.0. The molecule has 0 aliphatic rings. The van der Waals surface area contributed by atoms with Crippen LogP contribution in [-0.4, -0.2) is 25.8 Å². The van der Waals surface area contributed by atoms with Crippen LogP contribution in [0.2, 0.25) is 5.02 Å². The number of carbonyl (C=O) groups is 1. The molecule has 0 spiro atoms. The lowest BCUT2D eigenvalue weighted by Gasteiger charge is -2.11. The Morgan fingerprint density at radius 2 is 2.05 bits per heavy atom. The van der Waals surface area contributed by atoms with Gasteiger partial charge >= 0.3 is 0 Å². The van der Waals surface area contributed by atoms with Crippen LogP contribution < -0.4 is 5.32 Å². The summed E-state index contributed by atoms with van der Waals surface area (Å²) in [5.41, 5.74) is 1.27. The molecule has 0 fully saturated rings. The number of halogens is 1. The third-order valence-corrected chi connectivity index (χ3v) is 5.32. The molecule has 0 aliphatic heterocycles. The van der Waals surface area contributed by atoms with Crippen LogP contribution in [0.1, 0.15) is 25.8 Å². The molecule has 0 saturated carbocycles. The molecule has 6 heteroatoms. The van der Waals surface area contributed by atoms with Gasteiger partial charge in [0, 0.05) is 10.7 Å². The van der Waals surface area contributed by atoms with Crippen LogP contribution in [0.4, 0.5) is 5.69 Å². The largest absolute Gasteiger partial charge is 0.325 e. The second kappa shape index (κ2) is 7.09. The number of nitrogens with one attached hydrogen (secondary N) is 1. The minimum absolute atomic E-state index is 0.0332. The van der Waals surface area contributed by atoms with Gasteiger partial charge < -0.3 is 5.32 Å². The molecule has 0 saturated heterocycles. The molecule has 1 aromatic carbocycles. The average molecular weight is 318 g/mol. The van der Waals surface area contributed by atoms with Crippen molar-refractivity contribution in [2.75, 3.05) is 16.8 Å². The molecule has 4 nitrogen and oxygen atoms in total. The third-order valence-electron chi connectivity index (χ3n) is 3.13. The second-order valence-corrected chi connectivity index (χ2v) is 7.54. The van der Waals surface area contributed by atoms with Crippen molar-refractivity contribution in [2.24, 2.45) is 5.92 Å². The van der Waals surface area contributed by atoms with E-state index in [0.29, 0.717) is 10.7 Å². The summed E-state index contributed by atoms with van der Waals surface area (Å²) in [6.45, 7) is 5.55. The highest BCUT2D eigenvalue weighted by Gasteiger charge is 2.19. The molecule has 1 atom stereocenters. The number of benzene rings is 1. The highest BCUT2D eigenvalue weighted by Crippen LogP contribution is 2.22. The SMILES string of the molecule is CCC(C)CS(=O)(=O)CC(=O)Nc1cccc(Cl)c1C. The summed E-state index contributed by atoms with van der Waals surface area (Å²) in [7, 11) is -3.38. The molecule has 1 rings (SSSR count). The fraction of sp³-hybridized carbons (Fsp3) is 0.500. The summed E-state index contributed by atoms with van der Waals surface area (Å²) in [5.74, 6) is -0.936. The molecule has 1 amide bonds. The van der Waals surface area contributed by atoms with Crippen molar-refractivity contribution in [3.63, 3.8) is 0 Å². The van der Waals surface area contributed by atoms with Crippen LogP contribution in [-0.2, 0) is 14.6 Å². The van der Waals surface area contributed by atoms with Gasteiger partial charge in [0.05, 0.1) is 5.75 Å². The van der Waals surface area contributed by atoms with Crippen molar-refractivity contribution < 1.29 is 13.2 Å². The minimum Gasteiger partial charge on any atom is -0.325 e. The summed E-state index contributed by atoms with van der Waals surface area (Å²) >= 11 is 5.95. The van der Waals surface area contributed by atoms with Gasteiger partial charge in [0.15, 0.2) is 9.84 Å². The minimum atomic E-state index is -3.38. The van der Waals surface area contributed by atoms with Gasteiger partial charge in [-0.05, 0) is 30.5 Å². The van der Waals surface area contributed by atoms with Gasteiger partial charge in [-0.3, -0.25) is 4.79 Å². The number of anilines is 1. The van der Waals surface area contributed by atoms with Gasteiger partial charge in [0.25, 0.3) is 0 Å². The van der Waals surface area contributed by atoms with Gasteiger partial charge in [-0.2, -0.15) is 0 Å². The zero-order valence-corrected chi connectivity index (χ0v) is 13.5. The maximum atomic E-state index is 11.9. The molecular formula is C14H20ClNO3S. The predicted molar refractivity (Wildman–Crippen MR) is 82.9 cm³/mol. The van der Waals surface area contributed by atoms with E-state index in [1.807, 2.05) is 13.8 Å². The summed E-state index contributed by atoms with van der Waals surface area (Å²) in [6.07, 6.45) is 0.772. The molecule has 0 heterocycles. The van der Waals surface area contributed by atoms with Crippen LogP contribution in [0, 0.1) is 12.8 Å². The predicted octanol–water partition coefficient (Wildman–Crippen LogP) is 3.05. The lowest BCUT2D eigenvalue weighted by Crippen LogP contribution is -2.27. The number of sulfone groups is 1. The van der Waals surface area contributed by atoms with Crippen molar-refractivity contribution in [1.29, 1.82) is 0 Å². The van der Waals surface area contributed by atoms with Gasteiger partial charge in [-0.1, -0.05) is 37.9 Å². The molecule has 1 aromatic rings. The molecule has 0 aliphatic carbocycles. The maximum Gasteiger partial charge on any atom is 0.239 e. The first-order valence-corrected chi connectivity index (χ1v) is 8.70. The zero-order chi connectivity index (χ0) is 15.3. The van der Waals surface area contributed by atoms with Crippen molar-refractivity contribution in [1.82, 2.24) is 0 Å². The first-order valence-electron chi connectivity index (χ1n) is 6.50. The maximum absolute atomic E-state index is 11.9. The van der Waals surface area contributed by atoms with Crippen LogP contribution in [0.25, 0.3) is 0 Å². The molecule has 0 radical (unpaired) electrons. The Kier molecular flexibility index (Phi) is 6.02. The van der Waals surface area contributed by atoms with E-state index in [4.69, 9.17) is 11.6 Å². The van der Waals surface area contributed by atoms with E-state index in [1.165, 1.54) is 0 Å². The number of hydrogen-bond donors (Lipinski definition) is 1. The number of carbonyl (C=O) groups excluding carboxylic acids is 1. The summed E-state index contributed by atoms with van der Waals surface area (Å²) < 4.78 is 23.7. The lowest BCUT2D eigenvalue weighted by atomic mass is 10.2. The summed E-state index contributed by atoms with van der Waals surface area (Å²) in [5, 5.41) is 3.13. The van der Waals surface area contributed by atoms with Crippen molar-refractivity contribution >= 4 is 33.0 Å². The first kappa shape index (κ1) is 17.0. The molecule has 20 heavy (non-hydrogen) atoms. The average Bonchev–Trinajstić information content (AvgIpc) is 2.33. The topological polar surface area (TPSA) is 63.2 Å². The van der Waals surface area contributed by atoms with Gasteiger partial charge in [0.2, 0.25) is 5.91 Å². The Labute approximate surface area is 125 Å². The van der Waals surface area contributed by atoms with E-state index in [0.717, 1.165) is 12.0 Å². The van der Waals surface area contributed by atoms with Crippen molar-refractivity contribution in [3.8, 4) is 0 Å². The van der Waals surface area contributed by atoms with Gasteiger partial charge in [0.1, 0.15) is 5.75 Å². The Balaban J connectivity index is 2.71. The van der Waals surface area contributed by atoms with Crippen molar-refractivity contribution in [3.05, 3.63) is 28.8 Å². The van der Waals surface area contributed by atoms with Gasteiger partial charge in [-0.25, -0.2) is 8.42 Å². The van der Waals surface area contributed by atoms with E-state index in [-0.39, 0.29) is 11.7 Å². The van der Waals surface area contributed by atoms with E-state index in [2.05, 4.69) is 5.32 Å². The fourth-order valence-corrected chi connectivity index (χ4v) is 3.61. The Hall–Kier alpha value is -1.07. The number of amides is 1. The third kappa shape index (κ3) is 5.13. The molecule has 1 N–H and O–H groups in total. The molecule has 0 bridgehead atoms. The Morgan fingerprint density at radius 1 is 1.40 bits per heavy atom. The molecule has 1 unspecified atom stereocenters.